The van der Waals surface area contributed by atoms with Crippen molar-refractivity contribution in [1.29, 1.82) is 0 Å². The highest BCUT2D eigenvalue weighted by molar-refractivity contribution is 5.59. The molecular formula is C18H22O3. The van der Waals surface area contributed by atoms with E-state index in [1.165, 1.54) is 0 Å². The minimum atomic E-state index is -0.0142. The summed E-state index contributed by atoms with van der Waals surface area (Å²) in [4.78, 5) is 0. The molecule has 0 atom stereocenters. The average molecular weight is 286 g/mol. The molecule has 0 aliphatic rings. The van der Waals surface area contributed by atoms with Gasteiger partial charge in [0.1, 0.15) is 5.75 Å². The van der Waals surface area contributed by atoms with E-state index in [4.69, 9.17) is 4.74 Å². The molecule has 3 heteroatoms. The quantitative estimate of drug-likeness (QED) is 0.802. The highest BCUT2D eigenvalue weighted by Gasteiger charge is 2.18. The Morgan fingerprint density at radius 1 is 0.952 bits per heavy atom. The van der Waals surface area contributed by atoms with Crippen LogP contribution in [0.1, 0.15) is 37.8 Å². The van der Waals surface area contributed by atoms with Crippen LogP contribution in [0.5, 0.6) is 23.0 Å². The number of phenolic OH excluding ortho intramolecular Hbond substituents is 2. The van der Waals surface area contributed by atoms with Crippen LogP contribution in [0.4, 0.5) is 0 Å². The SMILES string of the molecule is CCCc1cc(O)c(Oc2ccccc2)c(O)c1CCC. The van der Waals surface area contributed by atoms with Crippen LogP contribution in [0.15, 0.2) is 36.4 Å². The van der Waals surface area contributed by atoms with Crippen molar-refractivity contribution >= 4 is 0 Å². The predicted molar refractivity (Wildman–Crippen MR) is 84.3 cm³/mol. The Kier molecular flexibility index (Phi) is 5.09. The molecule has 0 saturated heterocycles. The number of rotatable bonds is 6. The third kappa shape index (κ3) is 3.48. The lowest BCUT2D eigenvalue weighted by Gasteiger charge is -2.16. The van der Waals surface area contributed by atoms with E-state index in [0.717, 1.165) is 36.8 Å². The topological polar surface area (TPSA) is 49.7 Å². The van der Waals surface area contributed by atoms with Gasteiger partial charge in [-0.2, -0.15) is 0 Å². The van der Waals surface area contributed by atoms with Crippen molar-refractivity contribution in [2.45, 2.75) is 39.5 Å². The van der Waals surface area contributed by atoms with Crippen LogP contribution in [0.25, 0.3) is 0 Å². The van der Waals surface area contributed by atoms with E-state index in [1.54, 1.807) is 18.2 Å². The maximum absolute atomic E-state index is 10.5. The molecule has 0 radical (unpaired) electrons. The third-order valence-corrected chi connectivity index (χ3v) is 3.41. The number of hydrogen-bond acceptors (Lipinski definition) is 3. The summed E-state index contributed by atoms with van der Waals surface area (Å²) < 4.78 is 5.66. The zero-order valence-corrected chi connectivity index (χ0v) is 12.6. The largest absolute Gasteiger partial charge is 0.504 e. The van der Waals surface area contributed by atoms with Gasteiger partial charge in [0.15, 0.2) is 11.5 Å². The molecule has 0 aromatic heterocycles. The summed E-state index contributed by atoms with van der Waals surface area (Å²) in [5.74, 6) is 0.780. The lowest BCUT2D eigenvalue weighted by atomic mass is 9.97. The molecule has 2 aromatic rings. The van der Waals surface area contributed by atoms with Gasteiger partial charge in [0, 0.05) is 5.56 Å². The summed E-state index contributed by atoms with van der Waals surface area (Å²) >= 11 is 0. The van der Waals surface area contributed by atoms with E-state index in [1.807, 2.05) is 18.2 Å². The van der Waals surface area contributed by atoms with Gasteiger partial charge in [0.05, 0.1) is 0 Å². The van der Waals surface area contributed by atoms with Gasteiger partial charge in [-0.3, -0.25) is 0 Å². The van der Waals surface area contributed by atoms with E-state index < -0.39 is 0 Å². The molecule has 0 fully saturated rings. The van der Waals surface area contributed by atoms with Gasteiger partial charge in [-0.05, 0) is 36.6 Å². The number of benzene rings is 2. The minimum absolute atomic E-state index is 0.0142. The maximum atomic E-state index is 10.5. The zero-order valence-electron chi connectivity index (χ0n) is 12.6. The highest BCUT2D eigenvalue weighted by Crippen LogP contribution is 2.43. The van der Waals surface area contributed by atoms with Crippen molar-refractivity contribution in [3.05, 3.63) is 47.5 Å². The van der Waals surface area contributed by atoms with Crippen molar-refractivity contribution in [3.8, 4) is 23.0 Å². The molecule has 0 spiro atoms. The van der Waals surface area contributed by atoms with Gasteiger partial charge in [-0.25, -0.2) is 0 Å². The van der Waals surface area contributed by atoms with Gasteiger partial charge in [-0.15, -0.1) is 0 Å². The number of aromatic hydroxyl groups is 2. The summed E-state index contributed by atoms with van der Waals surface area (Å²) in [5.41, 5.74) is 1.87. The van der Waals surface area contributed by atoms with E-state index in [-0.39, 0.29) is 17.2 Å². The van der Waals surface area contributed by atoms with Crippen LogP contribution in [0, 0.1) is 0 Å². The van der Waals surface area contributed by atoms with Crippen LogP contribution in [0.2, 0.25) is 0 Å². The molecule has 0 unspecified atom stereocenters. The molecule has 0 bridgehead atoms. The maximum Gasteiger partial charge on any atom is 0.210 e. The Morgan fingerprint density at radius 2 is 1.62 bits per heavy atom. The molecule has 0 heterocycles. The van der Waals surface area contributed by atoms with Crippen molar-refractivity contribution in [2.75, 3.05) is 0 Å². The molecule has 112 valence electrons. The van der Waals surface area contributed by atoms with Crippen molar-refractivity contribution in [2.24, 2.45) is 0 Å². The minimum Gasteiger partial charge on any atom is -0.504 e. The van der Waals surface area contributed by atoms with Crippen LogP contribution < -0.4 is 4.74 Å². The average Bonchev–Trinajstić information content (AvgIpc) is 2.49. The Hall–Kier alpha value is -2.16. The number of para-hydroxylation sites is 1. The number of phenols is 2. The Labute approximate surface area is 125 Å². The Morgan fingerprint density at radius 3 is 2.24 bits per heavy atom. The normalized spacial score (nSPS) is 10.6. The Balaban J connectivity index is 2.43. The first-order chi connectivity index (χ1) is 10.2. The first-order valence-corrected chi connectivity index (χ1v) is 7.46. The standard InChI is InChI=1S/C18H22O3/c1-3-8-13-12-16(19)18(17(20)15(13)9-4-2)21-14-10-6-5-7-11-14/h5-7,10-12,19-20H,3-4,8-9H2,1-2H3. The van der Waals surface area contributed by atoms with Crippen molar-refractivity contribution < 1.29 is 14.9 Å². The fourth-order valence-electron chi connectivity index (χ4n) is 2.46. The molecule has 2 aromatic carbocycles. The van der Waals surface area contributed by atoms with Gasteiger partial charge in [0.25, 0.3) is 0 Å². The second kappa shape index (κ2) is 7.02. The molecule has 3 nitrogen and oxygen atoms in total. The van der Waals surface area contributed by atoms with Crippen molar-refractivity contribution in [3.63, 3.8) is 0 Å². The first-order valence-electron chi connectivity index (χ1n) is 7.46. The van der Waals surface area contributed by atoms with Crippen molar-refractivity contribution in [1.82, 2.24) is 0 Å². The van der Waals surface area contributed by atoms with E-state index in [0.29, 0.717) is 5.75 Å². The summed E-state index contributed by atoms with van der Waals surface area (Å²) in [6, 6.07) is 10.9. The predicted octanol–water partition coefficient (Wildman–Crippen LogP) is 4.80. The number of aryl methyl sites for hydroxylation is 1. The summed E-state index contributed by atoms with van der Waals surface area (Å²) in [6.07, 6.45) is 3.50. The summed E-state index contributed by atoms with van der Waals surface area (Å²) in [6.45, 7) is 4.15. The third-order valence-electron chi connectivity index (χ3n) is 3.41. The second-order valence-electron chi connectivity index (χ2n) is 5.13. The van der Waals surface area contributed by atoms with Crippen LogP contribution in [0.3, 0.4) is 0 Å². The molecule has 2 N–H and O–H groups in total. The lowest BCUT2D eigenvalue weighted by molar-refractivity contribution is 0.372. The van der Waals surface area contributed by atoms with E-state index in [2.05, 4.69) is 13.8 Å². The molecular weight excluding hydrogens is 264 g/mol. The van der Waals surface area contributed by atoms with Gasteiger partial charge < -0.3 is 14.9 Å². The van der Waals surface area contributed by atoms with E-state index in [9.17, 15) is 10.2 Å². The fourth-order valence-corrected chi connectivity index (χ4v) is 2.46. The molecule has 0 aliphatic heterocycles. The molecule has 2 rings (SSSR count). The lowest BCUT2D eigenvalue weighted by Crippen LogP contribution is -1.97. The number of ether oxygens (including phenoxy) is 1. The van der Waals surface area contributed by atoms with Gasteiger partial charge in [-0.1, -0.05) is 44.9 Å². The van der Waals surface area contributed by atoms with Gasteiger partial charge in [0.2, 0.25) is 5.75 Å². The zero-order chi connectivity index (χ0) is 15.2. The second-order valence-corrected chi connectivity index (χ2v) is 5.13. The smallest absolute Gasteiger partial charge is 0.210 e. The first kappa shape index (κ1) is 15.2. The molecule has 0 amide bonds. The molecule has 0 aliphatic carbocycles. The van der Waals surface area contributed by atoms with Gasteiger partial charge >= 0.3 is 0 Å². The van der Waals surface area contributed by atoms with Crippen LogP contribution >= 0.6 is 0 Å². The van der Waals surface area contributed by atoms with Crippen LogP contribution in [-0.2, 0) is 12.8 Å². The molecule has 21 heavy (non-hydrogen) atoms. The summed E-state index contributed by atoms with van der Waals surface area (Å²) in [5, 5.41) is 20.7. The summed E-state index contributed by atoms with van der Waals surface area (Å²) in [7, 11) is 0. The van der Waals surface area contributed by atoms with E-state index >= 15 is 0 Å². The highest BCUT2D eigenvalue weighted by atomic mass is 16.5. The molecule has 0 saturated carbocycles. The monoisotopic (exact) mass is 286 g/mol. The Bertz CT molecular complexity index is 591. The fraction of sp³-hybridized carbons (Fsp3) is 0.333. The van der Waals surface area contributed by atoms with Crippen LogP contribution in [-0.4, -0.2) is 10.2 Å². The number of hydrogen-bond donors (Lipinski definition) is 2.